The molecular weight excluding hydrogens is 148 g/mol. The van der Waals surface area contributed by atoms with E-state index in [4.69, 9.17) is 5.73 Å². The fourth-order valence-corrected chi connectivity index (χ4v) is 1.08. The topological polar surface area (TPSA) is 29.3 Å². The molecule has 66 valence electrons. The molecule has 2 nitrogen and oxygen atoms in total. The molecule has 12 heavy (non-hydrogen) atoms. The minimum absolute atomic E-state index is 0.864. The first kappa shape index (κ1) is 8.91. The van der Waals surface area contributed by atoms with Crippen LogP contribution in [0.2, 0.25) is 0 Å². The fourth-order valence-electron chi connectivity index (χ4n) is 1.08. The van der Waals surface area contributed by atoms with Crippen molar-refractivity contribution in [3.05, 3.63) is 23.8 Å². The lowest BCUT2D eigenvalue weighted by molar-refractivity contribution is 0.967. The van der Waals surface area contributed by atoms with Crippen molar-refractivity contribution < 1.29 is 0 Å². The second-order valence-corrected chi connectivity index (χ2v) is 3.06. The molecule has 0 aliphatic rings. The Bertz CT molecular complexity index is 269. The van der Waals surface area contributed by atoms with E-state index in [0.29, 0.717) is 0 Å². The lowest BCUT2D eigenvalue weighted by Crippen LogP contribution is -2.15. The Balaban J connectivity index is 2.96. The van der Waals surface area contributed by atoms with Gasteiger partial charge in [0.05, 0.1) is 0 Å². The summed E-state index contributed by atoms with van der Waals surface area (Å²) in [6, 6.07) is 6.11. The van der Waals surface area contributed by atoms with Crippen LogP contribution in [0.5, 0.6) is 0 Å². The molecule has 0 saturated heterocycles. The van der Waals surface area contributed by atoms with E-state index in [1.165, 1.54) is 5.69 Å². The van der Waals surface area contributed by atoms with Gasteiger partial charge in [0.2, 0.25) is 0 Å². The second-order valence-electron chi connectivity index (χ2n) is 3.06. The van der Waals surface area contributed by atoms with Gasteiger partial charge in [-0.1, -0.05) is 0 Å². The summed E-state index contributed by atoms with van der Waals surface area (Å²) in [6.45, 7) is 5.18. The predicted octanol–water partition coefficient (Wildman–Crippen LogP) is 2.03. The average Bonchev–Trinajstić information content (AvgIpc) is 2.08. The van der Waals surface area contributed by atoms with Crippen molar-refractivity contribution >= 4 is 11.4 Å². The van der Waals surface area contributed by atoms with Crippen molar-refractivity contribution in [1.82, 2.24) is 0 Å². The highest BCUT2D eigenvalue weighted by atomic mass is 15.1. The van der Waals surface area contributed by atoms with Crippen LogP contribution in [0.4, 0.5) is 11.4 Å². The Labute approximate surface area is 74.0 Å². The van der Waals surface area contributed by atoms with Crippen LogP contribution in [0.15, 0.2) is 18.2 Å². The van der Waals surface area contributed by atoms with Crippen molar-refractivity contribution in [3.63, 3.8) is 0 Å². The molecule has 1 aromatic rings. The first-order valence-electron chi connectivity index (χ1n) is 4.22. The molecule has 0 amide bonds. The van der Waals surface area contributed by atoms with E-state index >= 15 is 0 Å². The monoisotopic (exact) mass is 164 g/mol. The van der Waals surface area contributed by atoms with E-state index < -0.39 is 0 Å². The quantitative estimate of drug-likeness (QED) is 0.678. The van der Waals surface area contributed by atoms with Crippen molar-refractivity contribution in [3.8, 4) is 0 Å². The molecule has 0 saturated carbocycles. The van der Waals surface area contributed by atoms with E-state index in [1.54, 1.807) is 0 Å². The largest absolute Gasteiger partial charge is 0.399 e. The van der Waals surface area contributed by atoms with Gasteiger partial charge >= 0.3 is 0 Å². The number of nitrogens with zero attached hydrogens (tertiary/aromatic N) is 1. The van der Waals surface area contributed by atoms with Gasteiger partial charge in [-0.15, -0.1) is 0 Å². The lowest BCUT2D eigenvalue weighted by atomic mass is 10.2. The third-order valence-corrected chi connectivity index (χ3v) is 2.17. The van der Waals surface area contributed by atoms with Crippen molar-refractivity contribution in [2.24, 2.45) is 0 Å². The van der Waals surface area contributed by atoms with Gasteiger partial charge in [-0.05, 0) is 37.6 Å². The highest BCUT2D eigenvalue weighted by Gasteiger charge is 1.99. The van der Waals surface area contributed by atoms with Gasteiger partial charge in [0.1, 0.15) is 0 Å². The fraction of sp³-hybridized carbons (Fsp3) is 0.400. The molecule has 0 aliphatic heterocycles. The molecule has 0 spiro atoms. The maximum absolute atomic E-state index is 5.71. The van der Waals surface area contributed by atoms with Gasteiger partial charge < -0.3 is 10.6 Å². The molecule has 0 bridgehead atoms. The third kappa shape index (κ3) is 1.70. The lowest BCUT2D eigenvalue weighted by Gasteiger charge is -2.17. The summed E-state index contributed by atoms with van der Waals surface area (Å²) in [5, 5.41) is 0. The normalized spacial score (nSPS) is 9.92. The van der Waals surface area contributed by atoms with Crippen LogP contribution in [-0.4, -0.2) is 13.6 Å². The Morgan fingerprint density at radius 2 is 2.08 bits per heavy atom. The molecule has 0 heterocycles. The van der Waals surface area contributed by atoms with Gasteiger partial charge in [0, 0.05) is 25.0 Å². The summed E-state index contributed by atoms with van der Waals surface area (Å²) in [6.07, 6.45) is 0. The predicted molar refractivity (Wildman–Crippen MR) is 54.5 cm³/mol. The number of nitrogens with two attached hydrogens (primary N) is 1. The first-order chi connectivity index (χ1) is 5.65. The van der Waals surface area contributed by atoms with Gasteiger partial charge in [-0.2, -0.15) is 0 Å². The van der Waals surface area contributed by atoms with Crippen LogP contribution >= 0.6 is 0 Å². The Hall–Kier alpha value is -1.18. The van der Waals surface area contributed by atoms with Crippen LogP contribution in [0.1, 0.15) is 12.5 Å². The number of nitrogen functional groups attached to an aromatic ring is 1. The Morgan fingerprint density at radius 1 is 1.42 bits per heavy atom. The summed E-state index contributed by atoms with van der Waals surface area (Å²) in [5.41, 5.74) is 8.95. The number of aryl methyl sites for hydroxylation is 1. The molecule has 0 atom stereocenters. The summed E-state index contributed by atoms with van der Waals surface area (Å²) in [5.74, 6) is 0. The Morgan fingerprint density at radius 3 is 2.58 bits per heavy atom. The van der Waals surface area contributed by atoms with Crippen LogP contribution in [0.25, 0.3) is 0 Å². The number of hydrogen-bond donors (Lipinski definition) is 1. The molecule has 1 aromatic carbocycles. The summed E-state index contributed by atoms with van der Waals surface area (Å²) < 4.78 is 0. The zero-order valence-electron chi connectivity index (χ0n) is 7.96. The molecule has 2 N–H and O–H groups in total. The zero-order valence-corrected chi connectivity index (χ0v) is 7.96. The van der Waals surface area contributed by atoms with Crippen molar-refractivity contribution in [2.75, 3.05) is 24.2 Å². The molecule has 1 rings (SSSR count). The van der Waals surface area contributed by atoms with Gasteiger partial charge in [0.15, 0.2) is 0 Å². The molecule has 0 fully saturated rings. The van der Waals surface area contributed by atoms with Gasteiger partial charge in [0.25, 0.3) is 0 Å². The van der Waals surface area contributed by atoms with Crippen LogP contribution in [0, 0.1) is 6.92 Å². The molecule has 0 aliphatic carbocycles. The van der Waals surface area contributed by atoms with Crippen LogP contribution < -0.4 is 10.6 Å². The third-order valence-electron chi connectivity index (χ3n) is 2.17. The Kier molecular flexibility index (Phi) is 2.58. The SMILES string of the molecule is CCN(C)c1ccc(N)c(C)c1. The number of hydrogen-bond acceptors (Lipinski definition) is 2. The van der Waals surface area contributed by atoms with Crippen molar-refractivity contribution in [1.29, 1.82) is 0 Å². The number of benzene rings is 1. The van der Waals surface area contributed by atoms with E-state index in [0.717, 1.165) is 17.8 Å². The van der Waals surface area contributed by atoms with E-state index in [-0.39, 0.29) is 0 Å². The summed E-state index contributed by atoms with van der Waals surface area (Å²) in [7, 11) is 2.07. The minimum Gasteiger partial charge on any atom is -0.399 e. The number of rotatable bonds is 2. The summed E-state index contributed by atoms with van der Waals surface area (Å²) in [4.78, 5) is 2.19. The van der Waals surface area contributed by atoms with Gasteiger partial charge in [-0.3, -0.25) is 0 Å². The van der Waals surface area contributed by atoms with Crippen LogP contribution in [0.3, 0.4) is 0 Å². The zero-order chi connectivity index (χ0) is 9.14. The van der Waals surface area contributed by atoms with Gasteiger partial charge in [-0.25, -0.2) is 0 Å². The second kappa shape index (κ2) is 3.48. The van der Waals surface area contributed by atoms with E-state index in [1.807, 2.05) is 19.1 Å². The van der Waals surface area contributed by atoms with E-state index in [2.05, 4.69) is 24.9 Å². The molecule has 0 radical (unpaired) electrons. The standard InChI is InChI=1S/C10H16N2/c1-4-12(3)9-5-6-10(11)8(2)7-9/h5-7H,4,11H2,1-3H3. The smallest absolute Gasteiger partial charge is 0.0367 e. The first-order valence-corrected chi connectivity index (χ1v) is 4.22. The maximum Gasteiger partial charge on any atom is 0.0367 e. The summed E-state index contributed by atoms with van der Waals surface area (Å²) >= 11 is 0. The average molecular weight is 164 g/mol. The molecule has 0 unspecified atom stereocenters. The highest BCUT2D eigenvalue weighted by molar-refractivity contribution is 5.57. The minimum atomic E-state index is 0.864. The molecule has 0 aromatic heterocycles. The molecule has 2 heteroatoms. The van der Waals surface area contributed by atoms with E-state index in [9.17, 15) is 0 Å². The molecular formula is C10H16N2. The van der Waals surface area contributed by atoms with Crippen molar-refractivity contribution in [2.45, 2.75) is 13.8 Å². The van der Waals surface area contributed by atoms with Crippen LogP contribution in [-0.2, 0) is 0 Å². The maximum atomic E-state index is 5.71. The number of anilines is 2. The highest BCUT2D eigenvalue weighted by Crippen LogP contribution is 2.18.